The molecule has 2 unspecified atom stereocenters. The topological polar surface area (TPSA) is 20.2 Å². The van der Waals surface area contributed by atoms with Gasteiger partial charge in [-0.2, -0.15) is 0 Å². The second kappa shape index (κ2) is 4.86. The molecular formula is C11H24O. The van der Waals surface area contributed by atoms with Crippen LogP contribution < -0.4 is 0 Å². The molecule has 0 aromatic carbocycles. The van der Waals surface area contributed by atoms with Gasteiger partial charge >= 0.3 is 0 Å². The van der Waals surface area contributed by atoms with Crippen LogP contribution in [0.3, 0.4) is 0 Å². The lowest BCUT2D eigenvalue weighted by molar-refractivity contribution is 0.197. The quantitative estimate of drug-likeness (QED) is 0.691. The third kappa shape index (κ3) is 6.66. The van der Waals surface area contributed by atoms with Crippen LogP contribution in [0.1, 0.15) is 47.5 Å². The van der Waals surface area contributed by atoms with Crippen LogP contribution in [0, 0.1) is 17.3 Å². The summed E-state index contributed by atoms with van der Waals surface area (Å²) in [4.78, 5) is 0. The summed E-state index contributed by atoms with van der Waals surface area (Å²) in [6.45, 7) is 11.5. The maximum Gasteiger partial charge on any atom is 0.0456 e. The first kappa shape index (κ1) is 12.0. The van der Waals surface area contributed by atoms with Crippen molar-refractivity contribution in [2.45, 2.75) is 47.5 Å². The Kier molecular flexibility index (Phi) is 4.84. The minimum atomic E-state index is 0.328. The fourth-order valence-electron chi connectivity index (χ4n) is 1.89. The summed E-state index contributed by atoms with van der Waals surface area (Å²) in [6, 6.07) is 0. The lowest BCUT2D eigenvalue weighted by Gasteiger charge is -2.24. The monoisotopic (exact) mass is 172 g/mol. The first-order valence-corrected chi connectivity index (χ1v) is 4.96. The lowest BCUT2D eigenvalue weighted by Crippen LogP contribution is -2.14. The number of aliphatic hydroxyl groups excluding tert-OH is 1. The number of rotatable bonds is 4. The van der Waals surface area contributed by atoms with Gasteiger partial charge in [0.2, 0.25) is 0 Å². The standard InChI is InChI=1S/C11H24O/c1-9(6-10(2)8-12)7-11(3,4)5/h9-10,12H,6-8H2,1-5H3. The Morgan fingerprint density at radius 1 is 1.08 bits per heavy atom. The molecular weight excluding hydrogens is 148 g/mol. The summed E-state index contributed by atoms with van der Waals surface area (Å²) < 4.78 is 0. The molecule has 0 fully saturated rings. The van der Waals surface area contributed by atoms with Gasteiger partial charge in [0.05, 0.1) is 0 Å². The molecule has 0 heterocycles. The summed E-state index contributed by atoms with van der Waals surface area (Å²) in [7, 11) is 0. The Labute approximate surface area is 77.2 Å². The van der Waals surface area contributed by atoms with Crippen molar-refractivity contribution in [1.82, 2.24) is 0 Å². The van der Waals surface area contributed by atoms with Crippen molar-refractivity contribution in [1.29, 1.82) is 0 Å². The minimum Gasteiger partial charge on any atom is -0.396 e. The van der Waals surface area contributed by atoms with Crippen LogP contribution in [0.4, 0.5) is 0 Å². The van der Waals surface area contributed by atoms with E-state index >= 15 is 0 Å². The van der Waals surface area contributed by atoms with E-state index in [9.17, 15) is 0 Å². The molecule has 0 rings (SSSR count). The molecule has 1 nitrogen and oxygen atoms in total. The van der Waals surface area contributed by atoms with Crippen molar-refractivity contribution in [2.24, 2.45) is 17.3 Å². The van der Waals surface area contributed by atoms with E-state index in [0.29, 0.717) is 17.9 Å². The van der Waals surface area contributed by atoms with Crippen molar-refractivity contribution in [3.63, 3.8) is 0 Å². The zero-order chi connectivity index (χ0) is 9.78. The number of aliphatic hydroxyl groups is 1. The zero-order valence-electron chi connectivity index (χ0n) is 9.22. The highest BCUT2D eigenvalue weighted by atomic mass is 16.3. The highest BCUT2D eigenvalue weighted by molar-refractivity contribution is 4.68. The molecule has 0 saturated heterocycles. The van der Waals surface area contributed by atoms with Crippen LogP contribution in [0.5, 0.6) is 0 Å². The van der Waals surface area contributed by atoms with Crippen LogP contribution in [0.2, 0.25) is 0 Å². The van der Waals surface area contributed by atoms with Crippen molar-refractivity contribution in [3.8, 4) is 0 Å². The van der Waals surface area contributed by atoms with E-state index in [1.807, 2.05) is 0 Å². The Morgan fingerprint density at radius 3 is 1.92 bits per heavy atom. The molecule has 0 bridgehead atoms. The SMILES string of the molecule is CC(CO)CC(C)CC(C)(C)C. The predicted molar refractivity (Wildman–Crippen MR) is 54.1 cm³/mol. The third-order valence-corrected chi connectivity index (χ3v) is 2.08. The van der Waals surface area contributed by atoms with Crippen LogP contribution in [-0.4, -0.2) is 11.7 Å². The average Bonchev–Trinajstić information content (AvgIpc) is 1.82. The van der Waals surface area contributed by atoms with Crippen molar-refractivity contribution >= 4 is 0 Å². The molecule has 1 N–H and O–H groups in total. The van der Waals surface area contributed by atoms with Crippen molar-refractivity contribution in [3.05, 3.63) is 0 Å². The van der Waals surface area contributed by atoms with Gasteiger partial charge in [-0.3, -0.25) is 0 Å². The molecule has 0 aliphatic carbocycles. The normalized spacial score (nSPS) is 17.5. The maximum atomic E-state index is 8.88. The number of hydrogen-bond donors (Lipinski definition) is 1. The Morgan fingerprint density at radius 2 is 1.58 bits per heavy atom. The van der Waals surface area contributed by atoms with E-state index in [1.165, 1.54) is 6.42 Å². The van der Waals surface area contributed by atoms with Gasteiger partial charge in [-0.25, -0.2) is 0 Å². The largest absolute Gasteiger partial charge is 0.396 e. The van der Waals surface area contributed by atoms with Crippen molar-refractivity contribution in [2.75, 3.05) is 6.61 Å². The summed E-state index contributed by atoms with van der Waals surface area (Å²) >= 11 is 0. The van der Waals surface area contributed by atoms with E-state index < -0.39 is 0 Å². The Bertz CT molecular complexity index is 113. The summed E-state index contributed by atoms with van der Waals surface area (Å²) in [5.74, 6) is 1.19. The van der Waals surface area contributed by atoms with E-state index in [4.69, 9.17) is 5.11 Å². The van der Waals surface area contributed by atoms with E-state index in [0.717, 1.165) is 12.3 Å². The summed E-state index contributed by atoms with van der Waals surface area (Å²) in [6.07, 6.45) is 2.39. The molecule has 0 aromatic heterocycles. The molecule has 0 amide bonds. The van der Waals surface area contributed by atoms with Gasteiger partial charge in [0, 0.05) is 6.61 Å². The van der Waals surface area contributed by atoms with Gasteiger partial charge < -0.3 is 5.11 Å². The molecule has 2 atom stereocenters. The fraction of sp³-hybridized carbons (Fsp3) is 1.00. The molecule has 1 heteroatoms. The van der Waals surface area contributed by atoms with Crippen molar-refractivity contribution < 1.29 is 5.11 Å². The molecule has 12 heavy (non-hydrogen) atoms. The van der Waals surface area contributed by atoms with E-state index in [2.05, 4.69) is 34.6 Å². The molecule has 0 aliphatic rings. The number of hydrogen-bond acceptors (Lipinski definition) is 1. The van der Waals surface area contributed by atoms with Gasteiger partial charge in [-0.15, -0.1) is 0 Å². The van der Waals surface area contributed by atoms with Crippen LogP contribution >= 0.6 is 0 Å². The third-order valence-electron chi connectivity index (χ3n) is 2.08. The second-order valence-corrected chi connectivity index (χ2v) is 5.39. The summed E-state index contributed by atoms with van der Waals surface area (Å²) in [5, 5.41) is 8.88. The molecule has 0 radical (unpaired) electrons. The minimum absolute atomic E-state index is 0.328. The highest BCUT2D eigenvalue weighted by Crippen LogP contribution is 2.27. The van der Waals surface area contributed by atoms with Crippen LogP contribution in [0.15, 0.2) is 0 Å². The van der Waals surface area contributed by atoms with Gasteiger partial charge in [0.1, 0.15) is 0 Å². The lowest BCUT2D eigenvalue weighted by atomic mass is 9.82. The first-order valence-electron chi connectivity index (χ1n) is 4.96. The fourth-order valence-corrected chi connectivity index (χ4v) is 1.89. The summed E-state index contributed by atoms with van der Waals surface area (Å²) in [5.41, 5.74) is 0.425. The van der Waals surface area contributed by atoms with Crippen LogP contribution in [0.25, 0.3) is 0 Å². The van der Waals surface area contributed by atoms with E-state index in [1.54, 1.807) is 0 Å². The molecule has 0 spiro atoms. The molecule has 0 aliphatic heterocycles. The maximum absolute atomic E-state index is 8.88. The van der Waals surface area contributed by atoms with Gasteiger partial charge in [-0.05, 0) is 30.1 Å². The zero-order valence-corrected chi connectivity index (χ0v) is 9.22. The Balaban J connectivity index is 3.66. The van der Waals surface area contributed by atoms with Gasteiger partial charge in [-0.1, -0.05) is 34.6 Å². The molecule has 74 valence electrons. The van der Waals surface area contributed by atoms with Gasteiger partial charge in [0.25, 0.3) is 0 Å². The van der Waals surface area contributed by atoms with Gasteiger partial charge in [0.15, 0.2) is 0 Å². The molecule has 0 aromatic rings. The van der Waals surface area contributed by atoms with E-state index in [-0.39, 0.29) is 0 Å². The Hall–Kier alpha value is -0.0400. The predicted octanol–water partition coefficient (Wildman–Crippen LogP) is 3.08. The smallest absolute Gasteiger partial charge is 0.0456 e. The molecule has 0 saturated carbocycles. The van der Waals surface area contributed by atoms with Crippen LogP contribution in [-0.2, 0) is 0 Å². The average molecular weight is 172 g/mol. The highest BCUT2D eigenvalue weighted by Gasteiger charge is 2.16. The first-order chi connectivity index (χ1) is 5.35. The second-order valence-electron chi connectivity index (χ2n) is 5.39.